The molecule has 0 fully saturated rings. The molecule has 0 aliphatic rings. The van der Waals surface area contributed by atoms with Gasteiger partial charge in [0.1, 0.15) is 11.5 Å². The van der Waals surface area contributed by atoms with E-state index in [9.17, 15) is 0 Å². The van der Waals surface area contributed by atoms with Crippen LogP contribution in [0.4, 0.5) is 5.69 Å². The lowest BCUT2D eigenvalue weighted by molar-refractivity contribution is 0.467. The van der Waals surface area contributed by atoms with Crippen molar-refractivity contribution in [1.29, 1.82) is 0 Å². The van der Waals surface area contributed by atoms with Crippen molar-refractivity contribution in [3.05, 3.63) is 51.9 Å². The third-order valence-corrected chi connectivity index (χ3v) is 3.50. The van der Waals surface area contributed by atoms with Gasteiger partial charge in [0.25, 0.3) is 0 Å². The van der Waals surface area contributed by atoms with E-state index in [0.29, 0.717) is 0 Å². The molecule has 18 heavy (non-hydrogen) atoms. The van der Waals surface area contributed by atoms with Crippen LogP contribution in [0.25, 0.3) is 0 Å². The molecule has 0 saturated heterocycles. The van der Waals surface area contributed by atoms with Crippen molar-refractivity contribution in [3.63, 3.8) is 0 Å². The molecule has 0 amide bonds. The summed E-state index contributed by atoms with van der Waals surface area (Å²) in [6, 6.07) is 10.5. The summed E-state index contributed by atoms with van der Waals surface area (Å²) < 4.78 is 6.76. The summed E-state index contributed by atoms with van der Waals surface area (Å²) in [5, 5.41) is 3.50. The minimum absolute atomic E-state index is 0.171. The minimum atomic E-state index is 0.171. The van der Waals surface area contributed by atoms with Crippen molar-refractivity contribution in [2.45, 2.75) is 33.2 Å². The van der Waals surface area contributed by atoms with Crippen molar-refractivity contribution in [2.24, 2.45) is 0 Å². The van der Waals surface area contributed by atoms with Crippen molar-refractivity contribution < 1.29 is 4.42 Å². The van der Waals surface area contributed by atoms with E-state index in [-0.39, 0.29) is 6.04 Å². The van der Waals surface area contributed by atoms with Gasteiger partial charge in [0, 0.05) is 10.2 Å². The van der Waals surface area contributed by atoms with E-state index in [1.165, 1.54) is 11.3 Å². The predicted octanol–water partition coefficient (Wildman–Crippen LogP) is 5.09. The normalized spacial score (nSPS) is 12.4. The number of hydrogen-bond acceptors (Lipinski definition) is 2. The van der Waals surface area contributed by atoms with Gasteiger partial charge in [-0.15, -0.1) is 0 Å². The first-order valence-electron chi connectivity index (χ1n) is 6.21. The Balaban J connectivity index is 2.18. The third kappa shape index (κ3) is 2.96. The fourth-order valence-corrected chi connectivity index (χ4v) is 2.39. The zero-order valence-electron chi connectivity index (χ0n) is 11.0. The number of furan rings is 1. The molecule has 2 aromatic rings. The Morgan fingerprint density at radius 3 is 2.67 bits per heavy atom. The fourth-order valence-electron chi connectivity index (χ4n) is 1.99. The van der Waals surface area contributed by atoms with Crippen LogP contribution < -0.4 is 5.32 Å². The molecule has 2 rings (SSSR count). The van der Waals surface area contributed by atoms with Crippen molar-refractivity contribution >= 4 is 21.6 Å². The molecule has 1 aromatic carbocycles. The minimum Gasteiger partial charge on any atom is -0.464 e. The SMILES string of the molecule is CCc1cc(Br)ccc1NC(C)c1ccc(C)o1. The summed E-state index contributed by atoms with van der Waals surface area (Å²) in [5.74, 6) is 1.92. The molecule has 1 heterocycles. The number of hydrogen-bond donors (Lipinski definition) is 1. The number of anilines is 1. The molecule has 2 nitrogen and oxygen atoms in total. The monoisotopic (exact) mass is 307 g/mol. The van der Waals surface area contributed by atoms with E-state index in [0.717, 1.165) is 22.4 Å². The van der Waals surface area contributed by atoms with Crippen LogP contribution in [-0.4, -0.2) is 0 Å². The molecule has 0 aliphatic carbocycles. The molecule has 1 N–H and O–H groups in total. The number of nitrogens with one attached hydrogen (secondary N) is 1. The van der Waals surface area contributed by atoms with Crippen molar-refractivity contribution in [1.82, 2.24) is 0 Å². The molecule has 1 aromatic heterocycles. The molecular weight excluding hydrogens is 290 g/mol. The third-order valence-electron chi connectivity index (χ3n) is 3.01. The van der Waals surface area contributed by atoms with Gasteiger partial charge in [-0.1, -0.05) is 22.9 Å². The number of rotatable bonds is 4. The first-order chi connectivity index (χ1) is 8.60. The lowest BCUT2D eigenvalue weighted by Gasteiger charge is -2.16. The van der Waals surface area contributed by atoms with Crippen molar-refractivity contribution in [3.8, 4) is 0 Å². The van der Waals surface area contributed by atoms with E-state index in [2.05, 4.69) is 53.3 Å². The van der Waals surface area contributed by atoms with Gasteiger partial charge in [-0.05, 0) is 56.2 Å². The molecule has 3 heteroatoms. The van der Waals surface area contributed by atoms with Crippen LogP contribution in [0.3, 0.4) is 0 Å². The first kappa shape index (κ1) is 13.2. The van der Waals surface area contributed by atoms with Gasteiger partial charge >= 0.3 is 0 Å². The average molecular weight is 308 g/mol. The molecule has 1 atom stereocenters. The zero-order chi connectivity index (χ0) is 13.1. The van der Waals surface area contributed by atoms with Crippen LogP contribution in [0.15, 0.2) is 39.2 Å². The van der Waals surface area contributed by atoms with Crippen LogP contribution >= 0.6 is 15.9 Å². The summed E-state index contributed by atoms with van der Waals surface area (Å²) >= 11 is 3.51. The van der Waals surface area contributed by atoms with Gasteiger partial charge in [-0.25, -0.2) is 0 Å². The Hall–Kier alpha value is -1.22. The maximum absolute atomic E-state index is 5.64. The number of halogens is 1. The van der Waals surface area contributed by atoms with Gasteiger partial charge in [0.05, 0.1) is 6.04 Å². The summed E-state index contributed by atoms with van der Waals surface area (Å²) in [5.41, 5.74) is 2.47. The Morgan fingerprint density at radius 2 is 2.06 bits per heavy atom. The number of aryl methyl sites for hydroxylation is 2. The van der Waals surface area contributed by atoms with Gasteiger partial charge in [0.15, 0.2) is 0 Å². The topological polar surface area (TPSA) is 25.2 Å². The molecule has 96 valence electrons. The lowest BCUT2D eigenvalue weighted by Crippen LogP contribution is -2.07. The first-order valence-corrected chi connectivity index (χ1v) is 7.00. The fraction of sp³-hybridized carbons (Fsp3) is 0.333. The second kappa shape index (κ2) is 5.61. The van der Waals surface area contributed by atoms with E-state index in [1.807, 2.05) is 19.1 Å². The Labute approximate surface area is 117 Å². The van der Waals surface area contributed by atoms with E-state index < -0.39 is 0 Å². The highest BCUT2D eigenvalue weighted by Crippen LogP contribution is 2.26. The zero-order valence-corrected chi connectivity index (χ0v) is 12.5. The summed E-state index contributed by atoms with van der Waals surface area (Å²) in [6.07, 6.45) is 1.01. The molecule has 0 aliphatic heterocycles. The smallest absolute Gasteiger partial charge is 0.126 e. The summed E-state index contributed by atoms with van der Waals surface area (Å²) in [4.78, 5) is 0. The summed E-state index contributed by atoms with van der Waals surface area (Å²) in [7, 11) is 0. The van der Waals surface area contributed by atoms with Gasteiger partial charge < -0.3 is 9.73 Å². The van der Waals surface area contributed by atoms with Crippen LogP contribution in [0.5, 0.6) is 0 Å². The Bertz CT molecular complexity index is 533. The highest BCUT2D eigenvalue weighted by atomic mass is 79.9. The summed E-state index contributed by atoms with van der Waals surface area (Å²) in [6.45, 7) is 6.24. The van der Waals surface area contributed by atoms with Gasteiger partial charge in [-0.3, -0.25) is 0 Å². The quantitative estimate of drug-likeness (QED) is 0.851. The van der Waals surface area contributed by atoms with Gasteiger partial charge in [-0.2, -0.15) is 0 Å². The standard InChI is InChI=1S/C15H18BrNO/c1-4-12-9-13(16)6-7-14(12)17-11(3)15-8-5-10(2)18-15/h5-9,11,17H,4H2,1-3H3. The Kier molecular flexibility index (Phi) is 4.12. The van der Waals surface area contributed by atoms with Crippen LogP contribution in [0.2, 0.25) is 0 Å². The maximum atomic E-state index is 5.64. The average Bonchev–Trinajstić information content (AvgIpc) is 2.78. The molecule has 0 bridgehead atoms. The lowest BCUT2D eigenvalue weighted by atomic mass is 10.1. The second-order valence-electron chi connectivity index (χ2n) is 4.47. The molecule has 1 unspecified atom stereocenters. The molecular formula is C15H18BrNO. The van der Waals surface area contributed by atoms with Crippen LogP contribution in [0, 0.1) is 6.92 Å². The van der Waals surface area contributed by atoms with Crippen molar-refractivity contribution in [2.75, 3.05) is 5.32 Å². The van der Waals surface area contributed by atoms with E-state index >= 15 is 0 Å². The van der Waals surface area contributed by atoms with Gasteiger partial charge in [0.2, 0.25) is 0 Å². The predicted molar refractivity (Wildman–Crippen MR) is 79.0 cm³/mol. The van der Waals surface area contributed by atoms with E-state index in [1.54, 1.807) is 0 Å². The highest BCUT2D eigenvalue weighted by Gasteiger charge is 2.11. The number of benzene rings is 1. The highest BCUT2D eigenvalue weighted by molar-refractivity contribution is 9.10. The Morgan fingerprint density at radius 1 is 1.28 bits per heavy atom. The second-order valence-corrected chi connectivity index (χ2v) is 5.39. The van der Waals surface area contributed by atoms with Crippen LogP contribution in [-0.2, 0) is 6.42 Å². The van der Waals surface area contributed by atoms with Crippen LogP contribution in [0.1, 0.15) is 37.0 Å². The largest absolute Gasteiger partial charge is 0.464 e. The molecule has 0 saturated carbocycles. The van der Waals surface area contributed by atoms with E-state index in [4.69, 9.17) is 4.42 Å². The maximum Gasteiger partial charge on any atom is 0.126 e. The molecule has 0 spiro atoms. The molecule has 0 radical (unpaired) electrons.